The SMILES string of the molecule is CC(C)(C)OC(=O)N1CCN(c2cc(C(=O)N(c3ccccc3)c3nc4cccnc4s3)nc(-c3ccccc3)n2)CC1. The molecule has 1 aliphatic rings. The van der Waals surface area contributed by atoms with Crippen LogP contribution in [0.15, 0.2) is 85.1 Å². The molecule has 0 radical (unpaired) electrons. The van der Waals surface area contributed by atoms with Crippen molar-refractivity contribution in [1.29, 1.82) is 0 Å². The zero-order chi connectivity index (χ0) is 30.0. The Balaban J connectivity index is 1.37. The number of carbonyl (C=O) groups excluding carboxylic acids is 2. The van der Waals surface area contributed by atoms with Crippen molar-refractivity contribution in [3.8, 4) is 11.4 Å². The number of thiazole rings is 1. The van der Waals surface area contributed by atoms with Gasteiger partial charge in [0.2, 0.25) is 0 Å². The lowest BCUT2D eigenvalue weighted by Gasteiger charge is -2.36. The predicted molar refractivity (Wildman–Crippen MR) is 168 cm³/mol. The highest BCUT2D eigenvalue weighted by Crippen LogP contribution is 2.34. The molecule has 0 N–H and O–H groups in total. The Hall–Kier alpha value is -4.90. The Morgan fingerprint density at radius 1 is 0.860 bits per heavy atom. The summed E-state index contributed by atoms with van der Waals surface area (Å²) in [6.07, 6.45) is 1.38. The number of nitrogens with zero attached hydrogens (tertiary/aromatic N) is 7. The third-order valence-electron chi connectivity index (χ3n) is 6.78. The summed E-state index contributed by atoms with van der Waals surface area (Å²) in [7, 11) is 0. The van der Waals surface area contributed by atoms with E-state index in [0.717, 1.165) is 10.4 Å². The maximum Gasteiger partial charge on any atom is 0.410 e. The second kappa shape index (κ2) is 11.8. The van der Waals surface area contributed by atoms with Crippen LogP contribution in [0.4, 0.5) is 21.4 Å². The summed E-state index contributed by atoms with van der Waals surface area (Å²) in [5.41, 5.74) is 1.84. The maximum absolute atomic E-state index is 14.4. The van der Waals surface area contributed by atoms with Crippen molar-refractivity contribution in [3.05, 3.63) is 90.8 Å². The van der Waals surface area contributed by atoms with Gasteiger partial charge < -0.3 is 14.5 Å². The van der Waals surface area contributed by atoms with E-state index < -0.39 is 5.60 Å². The first-order valence-corrected chi connectivity index (χ1v) is 14.9. The van der Waals surface area contributed by atoms with Crippen LogP contribution in [0.5, 0.6) is 0 Å². The molecule has 2 amide bonds. The maximum atomic E-state index is 14.4. The average molecular weight is 594 g/mol. The number of ether oxygens (including phenoxy) is 1. The number of pyridine rings is 1. The van der Waals surface area contributed by atoms with Gasteiger partial charge in [0.1, 0.15) is 27.5 Å². The normalized spacial score (nSPS) is 13.7. The Bertz CT molecular complexity index is 1710. The molecule has 2 aromatic carbocycles. The third-order valence-corrected chi connectivity index (χ3v) is 7.75. The van der Waals surface area contributed by atoms with Gasteiger partial charge in [0.25, 0.3) is 5.91 Å². The predicted octanol–water partition coefficient (Wildman–Crippen LogP) is 6.18. The highest BCUT2D eigenvalue weighted by molar-refractivity contribution is 7.22. The van der Waals surface area contributed by atoms with Crippen molar-refractivity contribution in [2.75, 3.05) is 36.0 Å². The van der Waals surface area contributed by atoms with Crippen LogP contribution in [0, 0.1) is 0 Å². The van der Waals surface area contributed by atoms with Crippen molar-refractivity contribution in [1.82, 2.24) is 24.8 Å². The summed E-state index contributed by atoms with van der Waals surface area (Å²) in [6, 6.07) is 24.4. The summed E-state index contributed by atoms with van der Waals surface area (Å²) < 4.78 is 5.56. The quantitative estimate of drug-likeness (QED) is 0.238. The highest BCUT2D eigenvalue weighted by Gasteiger charge is 2.29. The number of carbonyl (C=O) groups is 2. The molecular weight excluding hydrogens is 562 g/mol. The fourth-order valence-electron chi connectivity index (χ4n) is 4.73. The fraction of sp³-hybridized carbons (Fsp3) is 0.250. The first kappa shape index (κ1) is 28.2. The first-order chi connectivity index (χ1) is 20.7. The van der Waals surface area contributed by atoms with Crippen LogP contribution in [-0.4, -0.2) is 68.6 Å². The van der Waals surface area contributed by atoms with E-state index in [1.807, 2.05) is 93.6 Å². The minimum atomic E-state index is -0.565. The second-order valence-electron chi connectivity index (χ2n) is 11.1. The zero-order valence-electron chi connectivity index (χ0n) is 24.2. The largest absolute Gasteiger partial charge is 0.444 e. The number of fused-ring (bicyclic) bond motifs is 1. The van der Waals surface area contributed by atoms with E-state index >= 15 is 0 Å². The van der Waals surface area contributed by atoms with Gasteiger partial charge in [-0.2, -0.15) is 0 Å². The zero-order valence-corrected chi connectivity index (χ0v) is 25.0. The van der Waals surface area contributed by atoms with Gasteiger partial charge in [-0.25, -0.2) is 24.7 Å². The Labute approximate surface area is 253 Å². The van der Waals surface area contributed by atoms with E-state index in [1.54, 1.807) is 22.1 Å². The highest BCUT2D eigenvalue weighted by atomic mass is 32.1. The molecule has 0 unspecified atom stereocenters. The molecule has 10 nitrogen and oxygen atoms in total. The molecular formula is C32H31N7O3S. The molecule has 0 bridgehead atoms. The number of hydrogen-bond acceptors (Lipinski definition) is 9. The molecule has 11 heteroatoms. The van der Waals surface area contributed by atoms with Gasteiger partial charge in [-0.05, 0) is 45.0 Å². The number of anilines is 3. The van der Waals surface area contributed by atoms with Gasteiger partial charge in [0.15, 0.2) is 11.0 Å². The monoisotopic (exact) mass is 593 g/mol. The number of hydrogen-bond donors (Lipinski definition) is 0. The summed E-state index contributed by atoms with van der Waals surface area (Å²) in [5, 5.41) is 0.497. The minimum absolute atomic E-state index is 0.231. The van der Waals surface area contributed by atoms with Crippen molar-refractivity contribution >= 4 is 50.3 Å². The molecule has 218 valence electrons. The molecule has 43 heavy (non-hydrogen) atoms. The molecule has 0 aliphatic carbocycles. The number of piperazine rings is 1. The number of para-hydroxylation sites is 1. The Morgan fingerprint density at radius 3 is 2.23 bits per heavy atom. The molecule has 1 aliphatic heterocycles. The second-order valence-corrected chi connectivity index (χ2v) is 12.0. The molecule has 3 aromatic heterocycles. The van der Waals surface area contributed by atoms with E-state index in [1.165, 1.54) is 11.3 Å². The summed E-state index contributed by atoms with van der Waals surface area (Å²) in [6.45, 7) is 7.57. The molecule has 5 aromatic rings. The standard InChI is InChI=1S/C32H31N7O3S/c1-32(2,3)42-31(41)38-19-17-37(18-20-38)26-21-25(34-27(36-26)22-11-6-4-7-12-22)29(40)39(23-13-8-5-9-14-23)30-35-24-15-10-16-33-28(24)43-30/h4-16,21H,17-20H2,1-3H3. The van der Waals surface area contributed by atoms with Crippen LogP contribution in [0.1, 0.15) is 31.3 Å². The molecule has 1 fully saturated rings. The lowest BCUT2D eigenvalue weighted by Crippen LogP contribution is -2.50. The Morgan fingerprint density at radius 2 is 1.56 bits per heavy atom. The summed E-state index contributed by atoms with van der Waals surface area (Å²) >= 11 is 1.34. The van der Waals surface area contributed by atoms with Gasteiger partial charge in [0.05, 0.1) is 5.69 Å². The van der Waals surface area contributed by atoms with Crippen molar-refractivity contribution in [2.45, 2.75) is 26.4 Å². The van der Waals surface area contributed by atoms with Crippen molar-refractivity contribution < 1.29 is 14.3 Å². The Kier molecular flexibility index (Phi) is 7.73. The third kappa shape index (κ3) is 6.31. The van der Waals surface area contributed by atoms with Crippen LogP contribution in [0.2, 0.25) is 0 Å². The van der Waals surface area contributed by atoms with Crippen LogP contribution >= 0.6 is 11.3 Å². The smallest absolute Gasteiger partial charge is 0.410 e. The number of rotatable bonds is 5. The lowest BCUT2D eigenvalue weighted by atomic mass is 10.2. The van der Waals surface area contributed by atoms with Gasteiger partial charge in [0, 0.05) is 44.0 Å². The molecule has 0 spiro atoms. The minimum Gasteiger partial charge on any atom is -0.444 e. The molecule has 1 saturated heterocycles. The summed E-state index contributed by atoms with van der Waals surface area (Å²) in [5.74, 6) is 0.716. The van der Waals surface area contributed by atoms with Crippen molar-refractivity contribution in [2.24, 2.45) is 0 Å². The average Bonchev–Trinajstić information content (AvgIpc) is 3.45. The van der Waals surface area contributed by atoms with E-state index in [0.29, 0.717) is 54.2 Å². The molecule has 6 rings (SSSR count). The topological polar surface area (TPSA) is 105 Å². The molecule has 0 saturated carbocycles. The van der Waals surface area contributed by atoms with Gasteiger partial charge in [-0.15, -0.1) is 0 Å². The van der Waals surface area contributed by atoms with E-state index in [-0.39, 0.29) is 17.7 Å². The lowest BCUT2D eigenvalue weighted by molar-refractivity contribution is 0.0240. The van der Waals surface area contributed by atoms with E-state index in [9.17, 15) is 9.59 Å². The van der Waals surface area contributed by atoms with E-state index in [2.05, 4.69) is 9.88 Å². The van der Waals surface area contributed by atoms with Crippen LogP contribution in [0.25, 0.3) is 21.7 Å². The van der Waals surface area contributed by atoms with Crippen LogP contribution in [0.3, 0.4) is 0 Å². The molecule has 4 heterocycles. The van der Waals surface area contributed by atoms with Gasteiger partial charge >= 0.3 is 6.09 Å². The number of benzene rings is 2. The summed E-state index contributed by atoms with van der Waals surface area (Å²) in [4.78, 5) is 51.9. The van der Waals surface area contributed by atoms with Gasteiger partial charge in [-0.1, -0.05) is 59.9 Å². The van der Waals surface area contributed by atoms with Crippen LogP contribution in [-0.2, 0) is 4.74 Å². The number of aromatic nitrogens is 4. The van der Waals surface area contributed by atoms with E-state index in [4.69, 9.17) is 19.7 Å². The first-order valence-electron chi connectivity index (χ1n) is 14.0. The number of amides is 2. The van der Waals surface area contributed by atoms with Gasteiger partial charge in [-0.3, -0.25) is 9.69 Å². The fourth-order valence-corrected chi connectivity index (χ4v) is 5.66. The molecule has 0 atom stereocenters. The van der Waals surface area contributed by atoms with Crippen molar-refractivity contribution in [3.63, 3.8) is 0 Å². The van der Waals surface area contributed by atoms with Crippen LogP contribution < -0.4 is 9.80 Å².